The van der Waals surface area contributed by atoms with Crippen LogP contribution >= 0.6 is 0 Å². The molecule has 0 aliphatic rings. The number of nitrogens with zero attached hydrogens (tertiary/aromatic N) is 2. The molecule has 2 aromatic rings. The van der Waals surface area contributed by atoms with E-state index in [1.54, 1.807) is 6.26 Å². The van der Waals surface area contributed by atoms with E-state index < -0.39 is 0 Å². The summed E-state index contributed by atoms with van der Waals surface area (Å²) in [4.78, 5) is 6.57. The van der Waals surface area contributed by atoms with Gasteiger partial charge in [-0.2, -0.15) is 0 Å². The van der Waals surface area contributed by atoms with Crippen molar-refractivity contribution in [2.45, 2.75) is 6.54 Å². The number of aromatic nitrogens is 1. The van der Waals surface area contributed by atoms with Gasteiger partial charge in [0.25, 0.3) is 0 Å². The molecular formula is C13H17N3O. The molecule has 4 nitrogen and oxygen atoms in total. The Bertz CT molecular complexity index is 453. The van der Waals surface area contributed by atoms with E-state index in [4.69, 9.17) is 10.2 Å². The van der Waals surface area contributed by atoms with Crippen molar-refractivity contribution >= 4 is 0 Å². The maximum Gasteiger partial charge on any atom is 0.226 e. The molecule has 0 radical (unpaired) electrons. The third-order valence-corrected chi connectivity index (χ3v) is 2.52. The summed E-state index contributed by atoms with van der Waals surface area (Å²) in [6, 6.07) is 9.89. The second-order valence-corrected chi connectivity index (χ2v) is 4.04. The third kappa shape index (κ3) is 3.15. The molecule has 0 aliphatic carbocycles. The molecule has 90 valence electrons. The number of likely N-dealkylation sites (N-methyl/N-ethyl adjacent to an activating group) is 1. The molecule has 0 fully saturated rings. The van der Waals surface area contributed by atoms with Gasteiger partial charge in [-0.25, -0.2) is 4.98 Å². The molecule has 0 atom stereocenters. The minimum Gasteiger partial charge on any atom is -0.444 e. The molecule has 0 aliphatic heterocycles. The molecule has 2 N–H and O–H groups in total. The van der Waals surface area contributed by atoms with Crippen molar-refractivity contribution in [3.8, 4) is 11.5 Å². The van der Waals surface area contributed by atoms with Crippen LogP contribution in [0.2, 0.25) is 0 Å². The molecule has 0 unspecified atom stereocenters. The molecule has 0 spiro atoms. The topological polar surface area (TPSA) is 55.3 Å². The average Bonchev–Trinajstić information content (AvgIpc) is 2.79. The first-order valence-electron chi connectivity index (χ1n) is 5.68. The van der Waals surface area contributed by atoms with Crippen molar-refractivity contribution in [1.29, 1.82) is 0 Å². The van der Waals surface area contributed by atoms with E-state index in [1.807, 2.05) is 37.4 Å². The lowest BCUT2D eigenvalue weighted by molar-refractivity contribution is 0.332. The van der Waals surface area contributed by atoms with Gasteiger partial charge in [-0.3, -0.25) is 4.90 Å². The minimum absolute atomic E-state index is 0.653. The summed E-state index contributed by atoms with van der Waals surface area (Å²) in [5.41, 5.74) is 7.42. The Labute approximate surface area is 101 Å². The van der Waals surface area contributed by atoms with Gasteiger partial charge in [0.2, 0.25) is 5.89 Å². The van der Waals surface area contributed by atoms with Gasteiger partial charge in [-0.1, -0.05) is 18.2 Å². The van der Waals surface area contributed by atoms with Gasteiger partial charge in [0, 0.05) is 25.2 Å². The van der Waals surface area contributed by atoms with Crippen molar-refractivity contribution in [3.63, 3.8) is 0 Å². The van der Waals surface area contributed by atoms with Crippen LogP contribution in [0.5, 0.6) is 0 Å². The second-order valence-electron chi connectivity index (χ2n) is 4.04. The lowest BCUT2D eigenvalue weighted by Crippen LogP contribution is -2.25. The van der Waals surface area contributed by atoms with Crippen LogP contribution in [0.1, 0.15) is 5.69 Å². The fourth-order valence-corrected chi connectivity index (χ4v) is 1.67. The Morgan fingerprint density at radius 2 is 2.06 bits per heavy atom. The van der Waals surface area contributed by atoms with Crippen molar-refractivity contribution in [2.24, 2.45) is 5.73 Å². The smallest absolute Gasteiger partial charge is 0.226 e. The van der Waals surface area contributed by atoms with Crippen LogP contribution in [0.4, 0.5) is 0 Å². The van der Waals surface area contributed by atoms with Crippen molar-refractivity contribution < 1.29 is 4.42 Å². The molecular weight excluding hydrogens is 214 g/mol. The van der Waals surface area contributed by atoms with Crippen LogP contribution in [0, 0.1) is 0 Å². The van der Waals surface area contributed by atoms with Crippen molar-refractivity contribution in [2.75, 3.05) is 20.1 Å². The lowest BCUT2D eigenvalue weighted by atomic mass is 10.2. The highest BCUT2D eigenvalue weighted by atomic mass is 16.3. The van der Waals surface area contributed by atoms with Crippen LogP contribution in [0.25, 0.3) is 11.5 Å². The summed E-state index contributed by atoms with van der Waals surface area (Å²) < 4.78 is 5.46. The zero-order valence-corrected chi connectivity index (χ0v) is 9.97. The standard InChI is InChI=1S/C13H17N3O/c1-16(8-7-14)9-12-10-17-13(15-12)11-5-3-2-4-6-11/h2-6,10H,7-9,14H2,1H3. The highest BCUT2D eigenvalue weighted by Crippen LogP contribution is 2.18. The van der Waals surface area contributed by atoms with Gasteiger partial charge in [-0.15, -0.1) is 0 Å². The number of hydrogen-bond acceptors (Lipinski definition) is 4. The molecule has 4 heteroatoms. The summed E-state index contributed by atoms with van der Waals surface area (Å²) in [5, 5.41) is 0. The molecule has 2 rings (SSSR count). The Kier molecular flexibility index (Phi) is 3.90. The largest absolute Gasteiger partial charge is 0.444 e. The first-order chi connectivity index (χ1) is 8.29. The van der Waals surface area contributed by atoms with E-state index in [0.717, 1.165) is 24.3 Å². The van der Waals surface area contributed by atoms with Gasteiger partial charge in [-0.05, 0) is 19.2 Å². The number of benzene rings is 1. The van der Waals surface area contributed by atoms with Crippen molar-refractivity contribution in [3.05, 3.63) is 42.3 Å². The van der Waals surface area contributed by atoms with E-state index in [1.165, 1.54) is 0 Å². The molecule has 0 bridgehead atoms. The molecule has 17 heavy (non-hydrogen) atoms. The predicted octanol–water partition coefficient (Wildman–Crippen LogP) is 1.73. The number of hydrogen-bond donors (Lipinski definition) is 1. The zero-order valence-electron chi connectivity index (χ0n) is 9.97. The van der Waals surface area contributed by atoms with E-state index in [2.05, 4.69) is 9.88 Å². The molecule has 1 aromatic carbocycles. The summed E-state index contributed by atoms with van der Waals surface area (Å²) in [6.45, 7) is 2.26. The van der Waals surface area contributed by atoms with E-state index in [0.29, 0.717) is 12.4 Å². The van der Waals surface area contributed by atoms with Crippen LogP contribution in [0.15, 0.2) is 41.0 Å². The van der Waals surface area contributed by atoms with E-state index in [-0.39, 0.29) is 0 Å². The summed E-state index contributed by atoms with van der Waals surface area (Å²) in [7, 11) is 2.02. The highest BCUT2D eigenvalue weighted by Gasteiger charge is 2.07. The number of oxazole rings is 1. The molecule has 0 amide bonds. The number of nitrogens with two attached hydrogens (primary N) is 1. The molecule has 1 aromatic heterocycles. The fraction of sp³-hybridized carbons (Fsp3) is 0.308. The Hall–Kier alpha value is -1.65. The third-order valence-electron chi connectivity index (χ3n) is 2.52. The molecule has 1 heterocycles. The molecule has 0 saturated carbocycles. The summed E-state index contributed by atoms with van der Waals surface area (Å²) in [6.07, 6.45) is 1.70. The second kappa shape index (κ2) is 5.61. The monoisotopic (exact) mass is 231 g/mol. The lowest BCUT2D eigenvalue weighted by Gasteiger charge is -2.12. The first-order valence-corrected chi connectivity index (χ1v) is 5.68. The zero-order chi connectivity index (χ0) is 12.1. The number of rotatable bonds is 5. The van der Waals surface area contributed by atoms with Gasteiger partial charge in [0.05, 0.1) is 5.69 Å². The van der Waals surface area contributed by atoms with Crippen LogP contribution in [0.3, 0.4) is 0 Å². The highest BCUT2D eigenvalue weighted by molar-refractivity contribution is 5.52. The van der Waals surface area contributed by atoms with Crippen LogP contribution in [-0.4, -0.2) is 30.0 Å². The van der Waals surface area contributed by atoms with Gasteiger partial charge in [0.15, 0.2) is 0 Å². The van der Waals surface area contributed by atoms with Gasteiger partial charge < -0.3 is 10.2 Å². The maximum absolute atomic E-state index is 5.49. The fourth-order valence-electron chi connectivity index (χ4n) is 1.67. The normalized spacial score (nSPS) is 11.0. The predicted molar refractivity (Wildman–Crippen MR) is 67.3 cm³/mol. The van der Waals surface area contributed by atoms with Crippen LogP contribution < -0.4 is 5.73 Å². The maximum atomic E-state index is 5.49. The van der Waals surface area contributed by atoms with Gasteiger partial charge in [0.1, 0.15) is 6.26 Å². The van der Waals surface area contributed by atoms with Crippen molar-refractivity contribution in [1.82, 2.24) is 9.88 Å². The quantitative estimate of drug-likeness (QED) is 0.851. The summed E-state index contributed by atoms with van der Waals surface area (Å²) >= 11 is 0. The van der Waals surface area contributed by atoms with E-state index >= 15 is 0 Å². The Morgan fingerprint density at radius 3 is 2.76 bits per heavy atom. The Morgan fingerprint density at radius 1 is 1.29 bits per heavy atom. The SMILES string of the molecule is CN(CCN)Cc1coc(-c2ccccc2)n1. The van der Waals surface area contributed by atoms with Crippen LogP contribution in [-0.2, 0) is 6.54 Å². The molecule has 0 saturated heterocycles. The van der Waals surface area contributed by atoms with Gasteiger partial charge >= 0.3 is 0 Å². The van der Waals surface area contributed by atoms with E-state index in [9.17, 15) is 0 Å². The summed E-state index contributed by atoms with van der Waals surface area (Å²) in [5.74, 6) is 0.668. The average molecular weight is 231 g/mol. The Balaban J connectivity index is 2.06. The first kappa shape index (κ1) is 11.8. The minimum atomic E-state index is 0.653.